The van der Waals surface area contributed by atoms with E-state index in [1.54, 1.807) is 6.07 Å². The number of alkyl halides is 3. The average Bonchev–Trinajstić information content (AvgIpc) is 2.77. The van der Waals surface area contributed by atoms with Gasteiger partial charge in [-0.05, 0) is 38.1 Å². The lowest BCUT2D eigenvalue weighted by Gasteiger charge is -2.13. The lowest BCUT2D eigenvalue weighted by molar-refractivity contribution is -0.138. The maximum absolute atomic E-state index is 12.8. The highest BCUT2D eigenvalue weighted by atomic mass is 79.9. The second-order valence-electron chi connectivity index (χ2n) is 4.64. The lowest BCUT2D eigenvalue weighted by atomic mass is 10.2. The standard InChI is InChI=1S/C14H15BrF3N3/c1-3-21-11(6-9(2)20-21)8-19-10-4-5-13(15)12(7-10)14(16,17)18/h4-7,19H,3,8H2,1-2H3. The Morgan fingerprint density at radius 1 is 1.29 bits per heavy atom. The molecule has 7 heteroatoms. The van der Waals surface area contributed by atoms with Crippen molar-refractivity contribution < 1.29 is 13.2 Å². The molecule has 0 saturated heterocycles. The van der Waals surface area contributed by atoms with Crippen LogP contribution in [0.5, 0.6) is 0 Å². The summed E-state index contributed by atoms with van der Waals surface area (Å²) < 4.78 is 40.4. The maximum atomic E-state index is 12.8. The number of rotatable bonds is 4. The largest absolute Gasteiger partial charge is 0.417 e. The van der Waals surface area contributed by atoms with Gasteiger partial charge in [-0.15, -0.1) is 0 Å². The molecular weight excluding hydrogens is 347 g/mol. The molecule has 0 unspecified atom stereocenters. The predicted molar refractivity (Wildman–Crippen MR) is 79.1 cm³/mol. The van der Waals surface area contributed by atoms with Gasteiger partial charge >= 0.3 is 6.18 Å². The van der Waals surface area contributed by atoms with E-state index in [4.69, 9.17) is 0 Å². The van der Waals surface area contributed by atoms with E-state index < -0.39 is 11.7 Å². The highest BCUT2D eigenvalue weighted by molar-refractivity contribution is 9.10. The Morgan fingerprint density at radius 3 is 2.62 bits per heavy atom. The molecule has 0 radical (unpaired) electrons. The fraction of sp³-hybridized carbons (Fsp3) is 0.357. The zero-order valence-electron chi connectivity index (χ0n) is 11.6. The van der Waals surface area contributed by atoms with Crippen molar-refractivity contribution in [3.8, 4) is 0 Å². The molecule has 2 aromatic rings. The number of hydrogen-bond donors (Lipinski definition) is 1. The summed E-state index contributed by atoms with van der Waals surface area (Å²) in [5.41, 5.74) is 1.56. The van der Waals surface area contributed by atoms with Gasteiger partial charge in [0, 0.05) is 16.7 Å². The van der Waals surface area contributed by atoms with Gasteiger partial charge in [0.2, 0.25) is 0 Å². The summed E-state index contributed by atoms with van der Waals surface area (Å²) in [7, 11) is 0. The number of nitrogens with one attached hydrogen (secondary N) is 1. The molecule has 0 aliphatic carbocycles. The van der Waals surface area contributed by atoms with E-state index in [2.05, 4.69) is 26.3 Å². The van der Waals surface area contributed by atoms with Gasteiger partial charge in [0.05, 0.1) is 23.5 Å². The Bertz CT molecular complexity index is 635. The van der Waals surface area contributed by atoms with Gasteiger partial charge in [-0.2, -0.15) is 18.3 Å². The number of aromatic nitrogens is 2. The third-order valence-corrected chi connectivity index (χ3v) is 3.72. The summed E-state index contributed by atoms with van der Waals surface area (Å²) in [4.78, 5) is 0. The van der Waals surface area contributed by atoms with Gasteiger partial charge < -0.3 is 5.32 Å². The lowest BCUT2D eigenvalue weighted by Crippen LogP contribution is -2.10. The fourth-order valence-electron chi connectivity index (χ4n) is 2.06. The summed E-state index contributed by atoms with van der Waals surface area (Å²) in [5, 5.41) is 7.31. The van der Waals surface area contributed by atoms with E-state index in [9.17, 15) is 13.2 Å². The van der Waals surface area contributed by atoms with Gasteiger partial charge in [-0.3, -0.25) is 4.68 Å². The molecule has 0 aliphatic heterocycles. The van der Waals surface area contributed by atoms with Gasteiger partial charge in [0.25, 0.3) is 0 Å². The molecule has 0 aliphatic rings. The molecule has 21 heavy (non-hydrogen) atoms. The van der Waals surface area contributed by atoms with Crippen LogP contribution in [0, 0.1) is 6.92 Å². The smallest absolute Gasteiger partial charge is 0.379 e. The first-order valence-corrected chi connectivity index (χ1v) is 7.24. The van der Waals surface area contributed by atoms with Crippen molar-refractivity contribution in [2.75, 3.05) is 5.32 Å². The third-order valence-electron chi connectivity index (χ3n) is 3.03. The Balaban J connectivity index is 2.17. The SMILES string of the molecule is CCn1nc(C)cc1CNc1ccc(Br)c(C(F)(F)F)c1. The van der Waals surface area contributed by atoms with Gasteiger partial charge in [-0.25, -0.2) is 0 Å². The summed E-state index contributed by atoms with van der Waals surface area (Å²) >= 11 is 2.93. The van der Waals surface area contributed by atoms with Crippen LogP contribution in [0.1, 0.15) is 23.9 Å². The predicted octanol–water partition coefficient (Wildman–Crippen LogP) is 4.60. The molecule has 2 rings (SSSR count). The first-order chi connectivity index (χ1) is 9.81. The van der Waals surface area contributed by atoms with Crippen molar-refractivity contribution in [1.29, 1.82) is 0 Å². The number of nitrogens with zero attached hydrogens (tertiary/aromatic N) is 2. The first kappa shape index (κ1) is 15.9. The molecule has 0 atom stereocenters. The number of halogens is 4. The Kier molecular flexibility index (Phi) is 4.61. The van der Waals surface area contributed by atoms with E-state index >= 15 is 0 Å². The van der Waals surface area contributed by atoms with Crippen LogP contribution in [0.2, 0.25) is 0 Å². The van der Waals surface area contributed by atoms with Crippen molar-refractivity contribution >= 4 is 21.6 Å². The van der Waals surface area contributed by atoms with Gasteiger partial charge in [0.1, 0.15) is 0 Å². The molecule has 0 amide bonds. The topological polar surface area (TPSA) is 29.9 Å². The minimum atomic E-state index is -4.38. The first-order valence-electron chi connectivity index (χ1n) is 6.45. The van der Waals surface area contributed by atoms with Gasteiger partial charge in [-0.1, -0.05) is 15.9 Å². The van der Waals surface area contributed by atoms with Crippen LogP contribution in [0.4, 0.5) is 18.9 Å². The molecule has 0 saturated carbocycles. The monoisotopic (exact) mass is 361 g/mol. The van der Waals surface area contributed by atoms with Crippen LogP contribution in [0.25, 0.3) is 0 Å². The van der Waals surface area contributed by atoms with Crippen molar-refractivity contribution in [2.24, 2.45) is 0 Å². The molecule has 1 aromatic heterocycles. The number of hydrogen-bond acceptors (Lipinski definition) is 2. The molecule has 3 nitrogen and oxygen atoms in total. The van der Waals surface area contributed by atoms with E-state index in [1.807, 2.05) is 24.6 Å². The van der Waals surface area contributed by atoms with E-state index in [1.165, 1.54) is 6.07 Å². The van der Waals surface area contributed by atoms with Gasteiger partial charge in [0.15, 0.2) is 0 Å². The average molecular weight is 362 g/mol. The highest BCUT2D eigenvalue weighted by Crippen LogP contribution is 2.36. The second-order valence-corrected chi connectivity index (χ2v) is 5.49. The summed E-state index contributed by atoms with van der Waals surface area (Å²) in [5.74, 6) is 0. The third kappa shape index (κ3) is 3.78. The van der Waals surface area contributed by atoms with Crippen LogP contribution in [-0.4, -0.2) is 9.78 Å². The fourth-order valence-corrected chi connectivity index (χ4v) is 2.53. The van der Waals surface area contributed by atoms with E-state index in [-0.39, 0.29) is 4.47 Å². The molecule has 1 aromatic carbocycles. The Morgan fingerprint density at radius 2 is 2.00 bits per heavy atom. The van der Waals surface area contributed by atoms with Crippen LogP contribution < -0.4 is 5.32 Å². The van der Waals surface area contributed by atoms with Crippen molar-refractivity contribution in [3.63, 3.8) is 0 Å². The summed E-state index contributed by atoms with van der Waals surface area (Å²) in [6.07, 6.45) is -4.38. The van der Waals surface area contributed by atoms with Crippen molar-refractivity contribution in [1.82, 2.24) is 9.78 Å². The van der Waals surface area contributed by atoms with E-state index in [0.29, 0.717) is 12.2 Å². The minimum absolute atomic E-state index is 0.0370. The highest BCUT2D eigenvalue weighted by Gasteiger charge is 2.33. The number of anilines is 1. The molecule has 0 spiro atoms. The van der Waals surface area contributed by atoms with Crippen LogP contribution in [-0.2, 0) is 19.3 Å². The molecule has 1 N–H and O–H groups in total. The van der Waals surface area contributed by atoms with Crippen LogP contribution in [0.3, 0.4) is 0 Å². The zero-order valence-corrected chi connectivity index (χ0v) is 13.2. The zero-order chi connectivity index (χ0) is 15.6. The Hall–Kier alpha value is -1.50. The van der Waals surface area contributed by atoms with Crippen molar-refractivity contribution in [2.45, 2.75) is 33.1 Å². The quantitative estimate of drug-likeness (QED) is 0.861. The molecule has 1 heterocycles. The van der Waals surface area contributed by atoms with E-state index in [0.717, 1.165) is 24.0 Å². The van der Waals surface area contributed by atoms with Crippen LogP contribution >= 0.6 is 15.9 Å². The maximum Gasteiger partial charge on any atom is 0.417 e. The normalized spacial score (nSPS) is 11.7. The van der Waals surface area contributed by atoms with Crippen LogP contribution in [0.15, 0.2) is 28.7 Å². The molecule has 0 fully saturated rings. The summed E-state index contributed by atoms with van der Waals surface area (Å²) in [6.45, 7) is 5.00. The number of aryl methyl sites for hydroxylation is 2. The molecule has 114 valence electrons. The van der Waals surface area contributed by atoms with Crippen molar-refractivity contribution in [3.05, 3.63) is 45.7 Å². The minimum Gasteiger partial charge on any atom is -0.379 e. The number of benzene rings is 1. The molecule has 0 bridgehead atoms. The molecular formula is C14H15BrF3N3. The summed E-state index contributed by atoms with van der Waals surface area (Å²) in [6, 6.07) is 6.02. The Labute approximate surface area is 129 Å². The second kappa shape index (κ2) is 6.09.